The zero-order chi connectivity index (χ0) is 28.8. The summed E-state index contributed by atoms with van der Waals surface area (Å²) in [6, 6.07) is 0. The monoisotopic (exact) mass is 590 g/mol. The first kappa shape index (κ1) is 31.3. The maximum absolute atomic E-state index is 13.3. The maximum Gasteiger partial charge on any atom is 0.309 e. The lowest BCUT2D eigenvalue weighted by Crippen LogP contribution is -2.45. The van der Waals surface area contributed by atoms with Crippen molar-refractivity contribution in [3.63, 3.8) is 0 Å². The Morgan fingerprint density at radius 3 is 2.42 bits per heavy atom. The van der Waals surface area contributed by atoms with E-state index in [-0.39, 0.29) is 24.0 Å². The van der Waals surface area contributed by atoms with E-state index in [4.69, 9.17) is 27.9 Å². The van der Waals surface area contributed by atoms with Crippen LogP contribution >= 0.6 is 34.5 Å². The number of alkyl halides is 2. The van der Waals surface area contributed by atoms with Crippen LogP contribution in [0, 0.1) is 35.5 Å². The molecule has 1 saturated carbocycles. The minimum absolute atomic E-state index is 0.141. The van der Waals surface area contributed by atoms with E-state index in [1.165, 1.54) is 11.3 Å². The number of nitrogens with zero attached hydrogens (tertiary/aromatic N) is 1. The number of aliphatic hydroxyl groups is 2. The van der Waals surface area contributed by atoms with Crippen LogP contribution in [0.25, 0.3) is 6.08 Å². The lowest BCUT2D eigenvalue weighted by atomic mass is 9.73. The third-order valence-electron chi connectivity index (χ3n) is 9.08. The number of hydrogen-bond donors (Lipinski definition) is 3. The van der Waals surface area contributed by atoms with E-state index >= 15 is 0 Å². The van der Waals surface area contributed by atoms with Gasteiger partial charge >= 0.3 is 5.97 Å². The fraction of sp³-hybridized carbons (Fsp3) is 0.750. The molecule has 7 nitrogen and oxygen atoms in total. The van der Waals surface area contributed by atoms with Crippen molar-refractivity contribution >= 4 is 52.4 Å². The number of ether oxygens (including phenoxy) is 1. The lowest BCUT2D eigenvalue weighted by molar-refractivity contribution is -0.906. The smallest absolute Gasteiger partial charge is 0.309 e. The molecule has 3 N–H and O–H groups in total. The van der Waals surface area contributed by atoms with Gasteiger partial charge in [0, 0.05) is 35.0 Å². The number of aryl methyl sites for hydroxylation is 1. The molecule has 7 atom stereocenters. The molecule has 3 rings (SSSR count). The van der Waals surface area contributed by atoms with Gasteiger partial charge in [-0.2, -0.15) is 0 Å². The van der Waals surface area contributed by atoms with E-state index in [9.17, 15) is 25.0 Å². The van der Waals surface area contributed by atoms with Crippen LogP contribution in [0.15, 0.2) is 11.0 Å². The zero-order valence-electron chi connectivity index (χ0n) is 23.3. The first-order valence-electron chi connectivity index (χ1n) is 13.3. The van der Waals surface area contributed by atoms with Crippen molar-refractivity contribution in [2.75, 3.05) is 0 Å². The van der Waals surface area contributed by atoms with Crippen molar-refractivity contribution in [1.29, 1.82) is 0 Å². The zero-order valence-corrected chi connectivity index (χ0v) is 25.7. The van der Waals surface area contributed by atoms with E-state index in [2.05, 4.69) is 0 Å². The Kier molecular flexibility index (Phi) is 9.37. The molecule has 2 fully saturated rings. The summed E-state index contributed by atoms with van der Waals surface area (Å²) >= 11 is 15.0. The molecule has 0 spiro atoms. The van der Waals surface area contributed by atoms with Gasteiger partial charge in [-0.1, -0.05) is 52.4 Å². The highest BCUT2D eigenvalue weighted by atomic mass is 35.5. The van der Waals surface area contributed by atoms with Crippen molar-refractivity contribution in [1.82, 2.24) is 0 Å². The topological polar surface area (TPSA) is 108 Å². The van der Waals surface area contributed by atoms with Crippen LogP contribution in [0.4, 0.5) is 0 Å². The second kappa shape index (κ2) is 11.4. The molecule has 2 heterocycles. The number of hydrogen-bond acceptors (Lipinski definition) is 7. The van der Waals surface area contributed by atoms with Crippen LogP contribution in [-0.4, -0.2) is 49.8 Å². The third-order valence-corrected chi connectivity index (χ3v) is 11.3. The molecular weight excluding hydrogens is 549 g/mol. The number of aliphatic hydroxyl groups excluding tert-OH is 2. The summed E-state index contributed by atoms with van der Waals surface area (Å²) in [4.78, 5) is 26.4. The Bertz CT molecular complexity index is 1090. The first-order chi connectivity index (χ1) is 17.4. The highest BCUT2D eigenvalue weighted by molar-refractivity contribution is 7.09. The molecule has 0 bridgehead atoms. The molecule has 2 aliphatic rings. The van der Waals surface area contributed by atoms with Gasteiger partial charge < -0.3 is 14.9 Å². The standard InChI is InChI=1S/C28H42Cl2NO6S/c1-15-9-8-10-27(7)21(28(27,29)30)12-20(16(2)11-19-14-38-18(4)31(19)36)37-23(33)13-22(32)26(5,6)25(35)17(3)24(15)34/h11,14-15,17,20-22,24,32,34,36H,8-10,12-13H2,1-7H3/q+1/b16-11+/t15?,17?,20?,21-,22?,24?,27?/m0/s1. The van der Waals surface area contributed by atoms with Crippen LogP contribution in [-0.2, 0) is 14.3 Å². The molecule has 0 aromatic carbocycles. The molecule has 1 saturated heterocycles. The summed E-state index contributed by atoms with van der Waals surface area (Å²) < 4.78 is 5.97. The molecule has 10 heteroatoms. The molecule has 1 aliphatic carbocycles. The summed E-state index contributed by atoms with van der Waals surface area (Å²) in [6.07, 6.45) is 1.07. The van der Waals surface area contributed by atoms with Gasteiger partial charge in [0.05, 0.1) is 29.4 Å². The normalized spacial score (nSPS) is 36.9. The van der Waals surface area contributed by atoms with Crippen LogP contribution in [0.2, 0.25) is 0 Å². The quantitative estimate of drug-likeness (QED) is 0.188. The molecule has 6 unspecified atom stereocenters. The van der Waals surface area contributed by atoms with Crippen molar-refractivity contribution in [2.45, 2.75) is 103 Å². The predicted molar refractivity (Wildman–Crippen MR) is 148 cm³/mol. The van der Waals surface area contributed by atoms with Crippen molar-refractivity contribution in [3.05, 3.63) is 21.7 Å². The first-order valence-corrected chi connectivity index (χ1v) is 14.9. The second-order valence-corrected chi connectivity index (χ2v) is 14.6. The molecule has 1 aromatic rings. The van der Waals surface area contributed by atoms with Crippen molar-refractivity contribution in [2.24, 2.45) is 28.6 Å². The van der Waals surface area contributed by atoms with E-state index in [0.29, 0.717) is 29.1 Å². The van der Waals surface area contributed by atoms with Gasteiger partial charge in [-0.05, 0) is 37.7 Å². The Morgan fingerprint density at radius 2 is 1.84 bits per heavy atom. The third kappa shape index (κ3) is 5.95. The molecule has 214 valence electrons. The summed E-state index contributed by atoms with van der Waals surface area (Å²) in [6.45, 7) is 12.4. The fourth-order valence-corrected chi connectivity index (χ4v) is 7.46. The van der Waals surface area contributed by atoms with E-state index in [1.54, 1.807) is 39.2 Å². The maximum atomic E-state index is 13.3. The van der Waals surface area contributed by atoms with Gasteiger partial charge in [-0.15, -0.1) is 23.2 Å². The number of thiazole rings is 1. The minimum atomic E-state index is -1.30. The van der Waals surface area contributed by atoms with Gasteiger partial charge in [0.25, 0.3) is 10.7 Å². The van der Waals surface area contributed by atoms with Gasteiger partial charge in [-0.25, -0.2) is 0 Å². The minimum Gasteiger partial charge on any atom is -0.458 e. The highest BCUT2D eigenvalue weighted by Crippen LogP contribution is 2.73. The number of halogens is 2. The molecule has 1 aliphatic heterocycles. The largest absolute Gasteiger partial charge is 0.458 e. The van der Waals surface area contributed by atoms with Crippen LogP contribution in [0.5, 0.6) is 0 Å². The van der Waals surface area contributed by atoms with E-state index in [0.717, 1.165) is 17.6 Å². The number of carbonyl (C=O) groups excluding carboxylic acids is 2. The number of aromatic nitrogens is 1. The van der Waals surface area contributed by atoms with E-state index in [1.807, 2.05) is 20.8 Å². The van der Waals surface area contributed by atoms with Crippen LogP contribution in [0.3, 0.4) is 0 Å². The number of ketones is 1. The van der Waals surface area contributed by atoms with Crippen LogP contribution in [0.1, 0.15) is 84.3 Å². The van der Waals surface area contributed by atoms with Crippen LogP contribution < -0.4 is 4.73 Å². The Hall–Kier alpha value is -1.19. The van der Waals surface area contributed by atoms with Gasteiger partial charge in [0.15, 0.2) is 0 Å². The summed E-state index contributed by atoms with van der Waals surface area (Å²) in [7, 11) is 0. The number of rotatable bonds is 2. The van der Waals surface area contributed by atoms with Gasteiger partial charge in [0.1, 0.15) is 16.2 Å². The number of cyclic esters (lactones) is 1. The van der Waals surface area contributed by atoms with Gasteiger partial charge in [-0.3, -0.25) is 14.8 Å². The Labute approximate surface area is 239 Å². The second-order valence-electron chi connectivity index (χ2n) is 12.1. The summed E-state index contributed by atoms with van der Waals surface area (Å²) in [5, 5.41) is 34.7. The van der Waals surface area contributed by atoms with E-state index < -0.39 is 45.4 Å². The highest BCUT2D eigenvalue weighted by Gasteiger charge is 2.72. The van der Waals surface area contributed by atoms with Crippen molar-refractivity contribution < 1.29 is 34.5 Å². The number of carbonyl (C=O) groups is 2. The Balaban J connectivity index is 1.95. The average Bonchev–Trinajstić information content (AvgIpc) is 3.05. The SMILES string of the molecule is C/C(=C\c1csc(C)[n+]1O)C1C[C@@H]2C(Cl)(Cl)C2(C)CCCC(C)C(O)C(C)C(=O)C(C)(C)C(O)CC(=O)O1. The molecule has 0 radical (unpaired) electrons. The molecular formula is C28H42Cl2NO6S+. The Morgan fingerprint density at radius 1 is 1.21 bits per heavy atom. The van der Waals surface area contributed by atoms with Crippen molar-refractivity contribution in [3.8, 4) is 0 Å². The summed E-state index contributed by atoms with van der Waals surface area (Å²) in [5.74, 6) is -1.95. The molecule has 1 aromatic heterocycles. The number of fused-ring (bicyclic) bond motifs is 1. The fourth-order valence-electron chi connectivity index (χ4n) is 5.79. The predicted octanol–water partition coefficient (Wildman–Crippen LogP) is 5.26. The lowest BCUT2D eigenvalue weighted by Gasteiger charge is -2.34. The average molecular weight is 592 g/mol. The molecule has 0 amide bonds. The number of Topliss-reactive ketones (excluding diaryl/α,β-unsaturated/α-hetero) is 1. The van der Waals surface area contributed by atoms with Gasteiger partial charge in [0.2, 0.25) is 0 Å². The molecule has 38 heavy (non-hydrogen) atoms. The number of esters is 1. The summed E-state index contributed by atoms with van der Waals surface area (Å²) in [5.41, 5.74) is -0.414.